The van der Waals surface area contributed by atoms with E-state index in [9.17, 15) is 8.78 Å². The van der Waals surface area contributed by atoms with Crippen LogP contribution in [0, 0.1) is 0 Å². The number of guanidine groups is 1. The monoisotopic (exact) mass is 432 g/mol. The van der Waals surface area contributed by atoms with Crippen molar-refractivity contribution in [2.75, 3.05) is 13.6 Å². The number of rotatable bonds is 10. The molecule has 0 saturated heterocycles. The van der Waals surface area contributed by atoms with Gasteiger partial charge in [-0.2, -0.15) is 8.78 Å². The number of aromatic nitrogens is 3. The molecule has 0 unspecified atom stereocenters. The molecule has 0 spiro atoms. The lowest BCUT2D eigenvalue weighted by molar-refractivity contribution is -0.0498. The summed E-state index contributed by atoms with van der Waals surface area (Å²) in [7, 11) is 1.91. The lowest BCUT2D eigenvalue weighted by Gasteiger charge is -2.23. The summed E-state index contributed by atoms with van der Waals surface area (Å²) in [5, 5.41) is 11.4. The molecule has 1 aromatic carbocycles. The van der Waals surface area contributed by atoms with Gasteiger partial charge in [-0.3, -0.25) is 0 Å². The number of hydrogen-bond donors (Lipinski definition) is 1. The molecule has 0 fully saturated rings. The molecule has 10 heteroatoms. The Morgan fingerprint density at radius 3 is 2.77 bits per heavy atom. The van der Waals surface area contributed by atoms with Gasteiger partial charge >= 0.3 is 6.61 Å². The van der Waals surface area contributed by atoms with Gasteiger partial charge in [0.1, 0.15) is 30.2 Å². The van der Waals surface area contributed by atoms with Crippen LogP contribution in [-0.2, 0) is 26.1 Å². The topological polar surface area (TPSA) is 80.7 Å². The molecule has 166 valence electrons. The maximum absolute atomic E-state index is 12.3. The van der Waals surface area contributed by atoms with E-state index in [0.29, 0.717) is 32.1 Å². The van der Waals surface area contributed by atoms with Crippen molar-refractivity contribution in [2.24, 2.45) is 4.99 Å². The third kappa shape index (κ3) is 6.80. The molecule has 0 radical (unpaired) electrons. The van der Waals surface area contributed by atoms with Crippen LogP contribution in [0.2, 0.25) is 0 Å². The molecule has 0 amide bonds. The molecule has 2 aromatic heterocycles. The van der Waals surface area contributed by atoms with E-state index in [-0.39, 0.29) is 5.75 Å². The maximum atomic E-state index is 12.3. The Bertz CT molecular complexity index is 941. The molecule has 0 aliphatic heterocycles. The molecule has 0 saturated carbocycles. The van der Waals surface area contributed by atoms with E-state index in [1.54, 1.807) is 24.7 Å². The van der Waals surface area contributed by atoms with Crippen LogP contribution in [0.15, 0.2) is 58.4 Å². The number of ether oxygens (including phenoxy) is 1. The van der Waals surface area contributed by atoms with E-state index in [1.165, 1.54) is 12.1 Å². The number of nitrogens with zero attached hydrogens (tertiary/aromatic N) is 5. The van der Waals surface area contributed by atoms with Gasteiger partial charge in [-0.05, 0) is 29.8 Å². The Morgan fingerprint density at radius 1 is 1.29 bits per heavy atom. The Balaban J connectivity index is 1.63. The SMILES string of the molecule is CCc1nncn1CCNC(=NCc1ccco1)N(C)Cc1ccc(OC(F)F)cc1. The van der Waals surface area contributed by atoms with Gasteiger partial charge in [0.05, 0.1) is 6.26 Å². The van der Waals surface area contributed by atoms with Gasteiger partial charge in [0.2, 0.25) is 0 Å². The van der Waals surface area contributed by atoms with Crippen LogP contribution in [0.25, 0.3) is 0 Å². The van der Waals surface area contributed by atoms with Gasteiger partial charge in [-0.15, -0.1) is 10.2 Å². The van der Waals surface area contributed by atoms with Crippen LogP contribution in [0.4, 0.5) is 8.78 Å². The largest absolute Gasteiger partial charge is 0.467 e. The highest BCUT2D eigenvalue weighted by atomic mass is 19.3. The quantitative estimate of drug-likeness (QED) is 0.391. The van der Waals surface area contributed by atoms with Crippen LogP contribution < -0.4 is 10.1 Å². The molecule has 0 aliphatic rings. The summed E-state index contributed by atoms with van der Waals surface area (Å²) in [6, 6.07) is 10.3. The highest BCUT2D eigenvalue weighted by Crippen LogP contribution is 2.16. The number of hydrogen-bond acceptors (Lipinski definition) is 5. The Labute approximate surface area is 179 Å². The molecule has 8 nitrogen and oxygen atoms in total. The second-order valence-corrected chi connectivity index (χ2v) is 6.82. The number of aliphatic imine (C=N–C) groups is 1. The lowest BCUT2D eigenvalue weighted by Crippen LogP contribution is -2.40. The Kier molecular flexibility index (Phi) is 7.97. The number of aryl methyl sites for hydroxylation is 1. The summed E-state index contributed by atoms with van der Waals surface area (Å²) < 4.78 is 36.4. The Morgan fingerprint density at radius 2 is 2.10 bits per heavy atom. The van der Waals surface area contributed by atoms with Crippen LogP contribution in [0.3, 0.4) is 0 Å². The molecule has 0 aliphatic carbocycles. The first-order valence-electron chi connectivity index (χ1n) is 9.97. The fourth-order valence-corrected chi connectivity index (χ4v) is 3.02. The number of furan rings is 1. The zero-order chi connectivity index (χ0) is 22.1. The van der Waals surface area contributed by atoms with Crippen molar-refractivity contribution in [3.8, 4) is 5.75 Å². The molecule has 0 bridgehead atoms. The van der Waals surface area contributed by atoms with Crippen molar-refractivity contribution in [2.45, 2.75) is 39.6 Å². The van der Waals surface area contributed by atoms with Gasteiger partial charge in [0.25, 0.3) is 0 Å². The third-order valence-electron chi connectivity index (χ3n) is 4.54. The average molecular weight is 432 g/mol. The van der Waals surface area contributed by atoms with Crippen LogP contribution in [-0.4, -0.2) is 45.8 Å². The minimum atomic E-state index is -2.84. The van der Waals surface area contributed by atoms with Crippen molar-refractivity contribution >= 4 is 5.96 Å². The molecule has 3 aromatic rings. The molecule has 31 heavy (non-hydrogen) atoms. The van der Waals surface area contributed by atoms with E-state index < -0.39 is 6.61 Å². The van der Waals surface area contributed by atoms with E-state index in [0.717, 1.165) is 23.6 Å². The second-order valence-electron chi connectivity index (χ2n) is 6.82. The minimum absolute atomic E-state index is 0.131. The third-order valence-corrected chi connectivity index (χ3v) is 4.54. The summed E-state index contributed by atoms with van der Waals surface area (Å²) in [5.41, 5.74) is 0.934. The van der Waals surface area contributed by atoms with Crippen molar-refractivity contribution < 1.29 is 17.9 Å². The summed E-state index contributed by atoms with van der Waals surface area (Å²) in [6.45, 7) is 1.46. The summed E-state index contributed by atoms with van der Waals surface area (Å²) >= 11 is 0. The lowest BCUT2D eigenvalue weighted by atomic mass is 10.2. The van der Waals surface area contributed by atoms with Crippen LogP contribution in [0.5, 0.6) is 5.75 Å². The van der Waals surface area contributed by atoms with Crippen molar-refractivity contribution in [1.82, 2.24) is 25.0 Å². The molecular formula is C21H26F2N6O2. The molecular weight excluding hydrogens is 406 g/mol. The first kappa shape index (κ1) is 22.3. The van der Waals surface area contributed by atoms with Gasteiger partial charge in [0.15, 0.2) is 5.96 Å². The normalized spacial score (nSPS) is 11.7. The second kappa shape index (κ2) is 11.1. The van der Waals surface area contributed by atoms with Crippen molar-refractivity contribution in [1.29, 1.82) is 0 Å². The van der Waals surface area contributed by atoms with Gasteiger partial charge in [0, 0.05) is 33.1 Å². The van der Waals surface area contributed by atoms with Gasteiger partial charge in [-0.25, -0.2) is 4.99 Å². The fourth-order valence-electron chi connectivity index (χ4n) is 3.02. The van der Waals surface area contributed by atoms with E-state index in [4.69, 9.17) is 4.42 Å². The smallest absolute Gasteiger partial charge is 0.387 e. The predicted octanol–water partition coefficient (Wildman–Crippen LogP) is 3.31. The summed E-state index contributed by atoms with van der Waals surface area (Å²) in [6.07, 6.45) is 4.14. The fraction of sp³-hybridized carbons (Fsp3) is 0.381. The maximum Gasteiger partial charge on any atom is 0.387 e. The number of alkyl halides is 2. The molecule has 1 N–H and O–H groups in total. The number of benzene rings is 1. The molecule has 0 atom stereocenters. The van der Waals surface area contributed by atoms with Gasteiger partial charge < -0.3 is 23.9 Å². The molecule has 2 heterocycles. The Hall–Kier alpha value is -3.43. The summed E-state index contributed by atoms with van der Waals surface area (Å²) in [5.74, 6) is 2.51. The average Bonchev–Trinajstić information content (AvgIpc) is 3.43. The highest BCUT2D eigenvalue weighted by molar-refractivity contribution is 5.79. The zero-order valence-corrected chi connectivity index (χ0v) is 17.5. The zero-order valence-electron chi connectivity index (χ0n) is 17.5. The van der Waals surface area contributed by atoms with Crippen LogP contribution >= 0.6 is 0 Å². The van der Waals surface area contributed by atoms with Gasteiger partial charge in [-0.1, -0.05) is 19.1 Å². The first-order chi connectivity index (χ1) is 15.0. The van der Waals surface area contributed by atoms with Crippen LogP contribution in [0.1, 0.15) is 24.1 Å². The van der Waals surface area contributed by atoms with E-state index >= 15 is 0 Å². The summed E-state index contributed by atoms with van der Waals surface area (Å²) in [4.78, 5) is 6.61. The van der Waals surface area contributed by atoms with Crippen molar-refractivity contribution in [3.05, 3.63) is 66.1 Å². The highest BCUT2D eigenvalue weighted by Gasteiger charge is 2.10. The minimum Gasteiger partial charge on any atom is -0.467 e. The molecule has 3 rings (SSSR count). The predicted molar refractivity (Wildman–Crippen MR) is 112 cm³/mol. The number of nitrogens with one attached hydrogen (secondary N) is 1. The van der Waals surface area contributed by atoms with E-state index in [1.807, 2.05) is 35.6 Å². The van der Waals surface area contributed by atoms with E-state index in [2.05, 4.69) is 25.2 Å². The first-order valence-corrected chi connectivity index (χ1v) is 9.97. The van der Waals surface area contributed by atoms with Crippen molar-refractivity contribution in [3.63, 3.8) is 0 Å². The standard InChI is InChI=1S/C21H26F2N6O2/c1-3-19-27-26-15-29(19)11-10-24-21(25-13-18-5-4-12-30-18)28(2)14-16-6-8-17(9-7-16)31-20(22)23/h4-9,12,15,20H,3,10-11,13-14H2,1-2H3,(H,24,25). The number of halogens is 2.